The van der Waals surface area contributed by atoms with Crippen molar-refractivity contribution in [1.29, 1.82) is 0 Å². The number of aryl methyl sites for hydroxylation is 1. The van der Waals surface area contributed by atoms with E-state index in [0.29, 0.717) is 17.3 Å². The van der Waals surface area contributed by atoms with E-state index in [-0.39, 0.29) is 6.42 Å². The minimum Gasteiger partial charge on any atom is -0.481 e. The van der Waals surface area contributed by atoms with Crippen LogP contribution in [0.1, 0.15) is 24.2 Å². The predicted octanol–water partition coefficient (Wildman–Crippen LogP) is 1.96. The third-order valence-corrected chi connectivity index (χ3v) is 2.96. The summed E-state index contributed by atoms with van der Waals surface area (Å²) in [7, 11) is 0. The van der Waals surface area contributed by atoms with Crippen LogP contribution in [-0.2, 0) is 16.6 Å². The molecule has 0 bridgehead atoms. The number of rotatable bonds is 4. The molecule has 5 nitrogen and oxygen atoms in total. The number of benzene rings is 1. The fourth-order valence-electron chi connectivity index (χ4n) is 1.82. The number of nitrogens with zero attached hydrogens (tertiary/aromatic N) is 2. The van der Waals surface area contributed by atoms with Gasteiger partial charge in [-0.15, -0.1) is 0 Å². The van der Waals surface area contributed by atoms with Crippen molar-refractivity contribution >= 4 is 5.97 Å². The van der Waals surface area contributed by atoms with Crippen molar-refractivity contribution < 1.29 is 14.4 Å². The molecule has 0 aliphatic heterocycles. The Bertz CT molecular complexity index is 550. The van der Waals surface area contributed by atoms with Crippen LogP contribution in [0.2, 0.25) is 0 Å². The zero-order chi connectivity index (χ0) is 13.2. The molecule has 0 spiro atoms. The number of carboxylic acid groups (broad SMARTS) is 1. The molecule has 2 aromatic rings. The summed E-state index contributed by atoms with van der Waals surface area (Å²) in [6, 6.07) is 9.06. The summed E-state index contributed by atoms with van der Waals surface area (Å²) in [5, 5.41) is 13.1. The maximum atomic E-state index is 11.5. The molecule has 1 atom stereocenters. The number of aliphatic carboxylic acids is 1. The van der Waals surface area contributed by atoms with E-state index in [4.69, 9.17) is 4.52 Å². The largest absolute Gasteiger partial charge is 0.481 e. The fraction of sp³-hybridized carbons (Fsp3) is 0.308. The average Bonchev–Trinajstić information content (AvgIpc) is 2.75. The van der Waals surface area contributed by atoms with Crippen LogP contribution in [0.3, 0.4) is 0 Å². The van der Waals surface area contributed by atoms with Crippen LogP contribution < -0.4 is 0 Å². The lowest BCUT2D eigenvalue weighted by atomic mass is 9.79. The molecular weight excluding hydrogens is 232 g/mol. The van der Waals surface area contributed by atoms with Gasteiger partial charge in [0.15, 0.2) is 5.82 Å². The molecule has 0 fully saturated rings. The van der Waals surface area contributed by atoms with Gasteiger partial charge in [-0.2, -0.15) is 4.98 Å². The van der Waals surface area contributed by atoms with Crippen molar-refractivity contribution in [2.45, 2.75) is 25.7 Å². The second-order valence-corrected chi connectivity index (χ2v) is 4.42. The maximum Gasteiger partial charge on any atom is 0.314 e. The number of aromatic nitrogens is 2. The first kappa shape index (κ1) is 12.3. The molecule has 94 valence electrons. The van der Waals surface area contributed by atoms with E-state index in [0.717, 1.165) is 0 Å². The van der Waals surface area contributed by atoms with Gasteiger partial charge in [-0.3, -0.25) is 4.79 Å². The van der Waals surface area contributed by atoms with Crippen LogP contribution in [0.15, 0.2) is 34.9 Å². The molecule has 1 unspecified atom stereocenters. The minimum absolute atomic E-state index is 0.174. The first-order valence-corrected chi connectivity index (χ1v) is 5.60. The van der Waals surface area contributed by atoms with E-state index in [9.17, 15) is 9.90 Å². The number of carboxylic acids is 1. The molecule has 5 heteroatoms. The highest BCUT2D eigenvalue weighted by Gasteiger charge is 2.37. The van der Waals surface area contributed by atoms with E-state index in [1.165, 1.54) is 0 Å². The van der Waals surface area contributed by atoms with Gasteiger partial charge in [0.05, 0.1) is 5.41 Å². The van der Waals surface area contributed by atoms with Crippen LogP contribution >= 0.6 is 0 Å². The van der Waals surface area contributed by atoms with Crippen molar-refractivity contribution in [3.8, 4) is 0 Å². The standard InChI is InChI=1S/C13H14N2O3/c1-9-14-11(18-15-9)8-13(2,12(16)17)10-6-4-3-5-7-10/h3-7H,8H2,1-2H3,(H,16,17). The lowest BCUT2D eigenvalue weighted by molar-refractivity contribution is -0.143. The van der Waals surface area contributed by atoms with Crippen molar-refractivity contribution in [2.75, 3.05) is 0 Å². The van der Waals surface area contributed by atoms with Gasteiger partial charge in [-0.1, -0.05) is 35.5 Å². The van der Waals surface area contributed by atoms with Crippen LogP contribution in [0, 0.1) is 6.92 Å². The third kappa shape index (κ3) is 2.25. The topological polar surface area (TPSA) is 76.2 Å². The van der Waals surface area contributed by atoms with E-state index < -0.39 is 11.4 Å². The van der Waals surface area contributed by atoms with Crippen LogP contribution in [-0.4, -0.2) is 21.2 Å². The Kier molecular flexibility index (Phi) is 3.14. The molecule has 1 N–H and O–H groups in total. The number of hydrogen-bond donors (Lipinski definition) is 1. The Morgan fingerprint density at radius 2 is 2.06 bits per heavy atom. The Balaban J connectivity index is 2.36. The van der Waals surface area contributed by atoms with Gasteiger partial charge in [0.1, 0.15) is 0 Å². The van der Waals surface area contributed by atoms with Gasteiger partial charge in [0.25, 0.3) is 0 Å². The quantitative estimate of drug-likeness (QED) is 0.892. The number of hydrogen-bond acceptors (Lipinski definition) is 4. The molecule has 0 aliphatic rings. The molecule has 18 heavy (non-hydrogen) atoms. The highest BCUT2D eigenvalue weighted by Crippen LogP contribution is 2.28. The monoisotopic (exact) mass is 246 g/mol. The summed E-state index contributed by atoms with van der Waals surface area (Å²) >= 11 is 0. The van der Waals surface area contributed by atoms with Crippen molar-refractivity contribution in [3.63, 3.8) is 0 Å². The van der Waals surface area contributed by atoms with Gasteiger partial charge in [-0.05, 0) is 19.4 Å². The molecule has 2 rings (SSSR count). The summed E-state index contributed by atoms with van der Waals surface area (Å²) in [6.07, 6.45) is 0.174. The van der Waals surface area contributed by atoms with E-state index >= 15 is 0 Å². The second-order valence-electron chi connectivity index (χ2n) is 4.42. The first-order valence-electron chi connectivity index (χ1n) is 5.60. The van der Waals surface area contributed by atoms with E-state index in [2.05, 4.69) is 10.1 Å². The molecule has 0 radical (unpaired) electrons. The minimum atomic E-state index is -1.07. The summed E-state index contributed by atoms with van der Waals surface area (Å²) in [5.74, 6) is -0.0726. The van der Waals surface area contributed by atoms with Gasteiger partial charge >= 0.3 is 5.97 Å². The van der Waals surface area contributed by atoms with Crippen molar-refractivity contribution in [2.24, 2.45) is 0 Å². The normalized spacial score (nSPS) is 14.1. The molecular formula is C13H14N2O3. The molecule has 0 saturated heterocycles. The lowest BCUT2D eigenvalue weighted by Crippen LogP contribution is -2.34. The van der Waals surface area contributed by atoms with E-state index in [1.807, 2.05) is 18.2 Å². The Labute approximate surface area is 104 Å². The van der Waals surface area contributed by atoms with E-state index in [1.54, 1.807) is 26.0 Å². The zero-order valence-electron chi connectivity index (χ0n) is 10.3. The van der Waals surface area contributed by atoms with Crippen LogP contribution in [0.25, 0.3) is 0 Å². The molecule has 1 aromatic heterocycles. The summed E-state index contributed by atoms with van der Waals surface area (Å²) < 4.78 is 5.01. The summed E-state index contributed by atoms with van der Waals surface area (Å²) in [6.45, 7) is 3.36. The predicted molar refractivity (Wildman–Crippen MR) is 64.2 cm³/mol. The van der Waals surface area contributed by atoms with Crippen molar-refractivity contribution in [3.05, 3.63) is 47.6 Å². The number of carbonyl (C=O) groups is 1. The SMILES string of the molecule is Cc1noc(CC(C)(C(=O)O)c2ccccc2)n1. The molecule has 0 aliphatic carbocycles. The molecule has 1 aromatic carbocycles. The summed E-state index contributed by atoms with van der Waals surface area (Å²) in [5.41, 5.74) is -0.353. The zero-order valence-corrected chi connectivity index (χ0v) is 10.3. The highest BCUT2D eigenvalue weighted by molar-refractivity contribution is 5.81. The lowest BCUT2D eigenvalue weighted by Gasteiger charge is -2.23. The fourth-order valence-corrected chi connectivity index (χ4v) is 1.82. The first-order chi connectivity index (χ1) is 8.52. The maximum absolute atomic E-state index is 11.5. The Morgan fingerprint density at radius 3 is 2.56 bits per heavy atom. The van der Waals surface area contributed by atoms with Gasteiger partial charge in [0.2, 0.25) is 5.89 Å². The Hall–Kier alpha value is -2.17. The summed E-state index contributed by atoms with van der Waals surface area (Å²) in [4.78, 5) is 15.6. The molecule has 1 heterocycles. The van der Waals surface area contributed by atoms with Gasteiger partial charge in [0, 0.05) is 6.42 Å². The van der Waals surface area contributed by atoms with Gasteiger partial charge < -0.3 is 9.63 Å². The highest BCUT2D eigenvalue weighted by atomic mass is 16.5. The third-order valence-electron chi connectivity index (χ3n) is 2.96. The van der Waals surface area contributed by atoms with Crippen LogP contribution in [0.4, 0.5) is 0 Å². The molecule has 0 saturated carbocycles. The smallest absolute Gasteiger partial charge is 0.314 e. The molecule has 0 amide bonds. The van der Waals surface area contributed by atoms with Crippen molar-refractivity contribution in [1.82, 2.24) is 10.1 Å². The van der Waals surface area contributed by atoms with Crippen LogP contribution in [0.5, 0.6) is 0 Å². The second kappa shape index (κ2) is 4.60. The van der Waals surface area contributed by atoms with Gasteiger partial charge in [-0.25, -0.2) is 0 Å². The Morgan fingerprint density at radius 1 is 1.39 bits per heavy atom. The average molecular weight is 246 g/mol.